The highest BCUT2D eigenvalue weighted by Crippen LogP contribution is 2.41. The number of carboxylic acids is 2. The standard InChI is InChI=1S/C22H16N2O8S2/c25-17-5-6-18(26)23(17)15-9-11(1-3-13(15)21(29)30)33-34-12-2-4-14(22(31)32)16(10-12)24-19(27)7-8-20(24)28/h1-10,25-28H,(H,29,30)(H,31,32). The van der Waals surface area contributed by atoms with Gasteiger partial charge in [-0.15, -0.1) is 0 Å². The molecule has 0 saturated carbocycles. The van der Waals surface area contributed by atoms with Gasteiger partial charge in [0.15, 0.2) is 23.5 Å². The first-order valence-corrected chi connectivity index (χ1v) is 11.6. The van der Waals surface area contributed by atoms with Crippen LogP contribution in [0.25, 0.3) is 11.4 Å². The molecule has 0 spiro atoms. The molecule has 2 aromatic carbocycles. The SMILES string of the molecule is O=C(O)c1ccc(SSc2ccc(C(=O)O)c(-n3c(O)ccc3O)c2)cc1-n1c(O)ccc1O. The van der Waals surface area contributed by atoms with Crippen molar-refractivity contribution in [3.05, 3.63) is 71.8 Å². The molecule has 2 heterocycles. The molecular weight excluding hydrogens is 484 g/mol. The molecule has 0 aliphatic rings. The molecule has 0 bridgehead atoms. The summed E-state index contributed by atoms with van der Waals surface area (Å²) in [5, 5.41) is 59.1. The lowest BCUT2D eigenvalue weighted by Crippen LogP contribution is -2.05. The fraction of sp³-hybridized carbons (Fsp3) is 0. The Bertz CT molecular complexity index is 1280. The van der Waals surface area contributed by atoms with Gasteiger partial charge in [-0.25, -0.2) is 9.59 Å². The third kappa shape index (κ3) is 4.23. The van der Waals surface area contributed by atoms with E-state index in [2.05, 4.69) is 0 Å². The highest BCUT2D eigenvalue weighted by molar-refractivity contribution is 8.76. The number of aromatic hydroxyl groups is 4. The lowest BCUT2D eigenvalue weighted by molar-refractivity contribution is 0.0685. The maximum Gasteiger partial charge on any atom is 0.337 e. The van der Waals surface area contributed by atoms with Crippen LogP contribution in [0.3, 0.4) is 0 Å². The molecule has 10 nitrogen and oxygen atoms in total. The Morgan fingerprint density at radius 3 is 1.18 bits per heavy atom. The largest absolute Gasteiger partial charge is 0.494 e. The molecule has 6 N–H and O–H groups in total. The summed E-state index contributed by atoms with van der Waals surface area (Å²) in [6.07, 6.45) is 0. The van der Waals surface area contributed by atoms with E-state index in [-0.39, 0.29) is 46.0 Å². The van der Waals surface area contributed by atoms with Crippen LogP contribution in [-0.2, 0) is 0 Å². The van der Waals surface area contributed by atoms with Crippen molar-refractivity contribution in [1.82, 2.24) is 9.13 Å². The summed E-state index contributed by atoms with van der Waals surface area (Å²) in [6, 6.07) is 13.7. The lowest BCUT2D eigenvalue weighted by Gasteiger charge is -2.13. The number of nitrogens with zero attached hydrogens (tertiary/aromatic N) is 2. The van der Waals surface area contributed by atoms with Gasteiger partial charge in [-0.05, 0) is 36.4 Å². The average Bonchev–Trinajstić information content (AvgIpc) is 3.31. The molecule has 0 aliphatic carbocycles. The zero-order chi connectivity index (χ0) is 24.6. The second kappa shape index (κ2) is 9.00. The molecule has 0 saturated heterocycles. The van der Waals surface area contributed by atoms with Gasteiger partial charge in [0.05, 0.1) is 22.5 Å². The number of carbonyl (C=O) groups is 2. The zero-order valence-corrected chi connectivity index (χ0v) is 18.6. The maximum atomic E-state index is 11.6. The van der Waals surface area contributed by atoms with E-state index in [1.54, 1.807) is 12.1 Å². The van der Waals surface area contributed by atoms with Crippen molar-refractivity contribution in [3.63, 3.8) is 0 Å². The van der Waals surface area contributed by atoms with E-state index in [0.717, 1.165) is 9.13 Å². The Kier molecular flexibility index (Phi) is 6.09. The van der Waals surface area contributed by atoms with Gasteiger partial charge in [0.25, 0.3) is 0 Å². The topological polar surface area (TPSA) is 165 Å². The van der Waals surface area contributed by atoms with Crippen molar-refractivity contribution in [2.75, 3.05) is 0 Å². The van der Waals surface area contributed by atoms with Gasteiger partial charge in [0.2, 0.25) is 0 Å². The predicted octanol–water partition coefficient (Wildman–Crippen LogP) is 4.29. The summed E-state index contributed by atoms with van der Waals surface area (Å²) < 4.78 is 1.99. The minimum atomic E-state index is -1.24. The molecule has 0 unspecified atom stereocenters. The fourth-order valence-electron chi connectivity index (χ4n) is 3.28. The van der Waals surface area contributed by atoms with Crippen LogP contribution in [0.2, 0.25) is 0 Å². The average molecular weight is 501 g/mol. The number of aromatic nitrogens is 2. The lowest BCUT2D eigenvalue weighted by atomic mass is 10.2. The highest BCUT2D eigenvalue weighted by Gasteiger charge is 2.20. The van der Waals surface area contributed by atoms with Crippen molar-refractivity contribution in [1.29, 1.82) is 0 Å². The Labute approximate surface area is 199 Å². The van der Waals surface area contributed by atoms with E-state index in [0.29, 0.717) is 9.79 Å². The molecule has 2 aromatic heterocycles. The van der Waals surface area contributed by atoms with Gasteiger partial charge in [-0.3, -0.25) is 9.13 Å². The third-order valence-electron chi connectivity index (χ3n) is 4.79. The first-order valence-electron chi connectivity index (χ1n) is 9.46. The molecule has 0 amide bonds. The Morgan fingerprint density at radius 2 is 0.882 bits per heavy atom. The van der Waals surface area contributed by atoms with Gasteiger partial charge in [0.1, 0.15) is 0 Å². The van der Waals surface area contributed by atoms with Crippen LogP contribution in [0.5, 0.6) is 23.5 Å². The van der Waals surface area contributed by atoms with E-state index in [1.165, 1.54) is 70.1 Å². The maximum absolute atomic E-state index is 11.6. The van der Waals surface area contributed by atoms with Crippen LogP contribution in [0.1, 0.15) is 20.7 Å². The number of carboxylic acid groups (broad SMARTS) is 2. The Balaban J connectivity index is 1.68. The van der Waals surface area contributed by atoms with Crippen LogP contribution in [-0.4, -0.2) is 51.7 Å². The quantitative estimate of drug-likeness (QED) is 0.202. The second-order valence-corrected chi connectivity index (χ2v) is 9.18. The summed E-state index contributed by atoms with van der Waals surface area (Å²) in [6.45, 7) is 0. The molecule has 4 rings (SSSR count). The summed E-state index contributed by atoms with van der Waals surface area (Å²) in [7, 11) is 2.42. The van der Waals surface area contributed by atoms with E-state index in [1.807, 2.05) is 0 Å². The Hall–Kier alpha value is -4.16. The van der Waals surface area contributed by atoms with Gasteiger partial charge in [-0.2, -0.15) is 0 Å². The molecule has 34 heavy (non-hydrogen) atoms. The molecule has 174 valence electrons. The second-order valence-electron chi connectivity index (χ2n) is 6.91. The molecule has 0 aliphatic heterocycles. The van der Waals surface area contributed by atoms with Crippen LogP contribution < -0.4 is 0 Å². The van der Waals surface area contributed by atoms with E-state index < -0.39 is 11.9 Å². The summed E-state index contributed by atoms with van der Waals surface area (Å²) in [4.78, 5) is 24.4. The van der Waals surface area contributed by atoms with Crippen LogP contribution in [0.4, 0.5) is 0 Å². The molecule has 12 heteroatoms. The Morgan fingerprint density at radius 1 is 0.559 bits per heavy atom. The molecular formula is C22H16N2O8S2. The molecule has 0 radical (unpaired) electrons. The minimum Gasteiger partial charge on any atom is -0.494 e. The fourth-order valence-corrected chi connectivity index (χ4v) is 5.24. The number of hydrogen-bond acceptors (Lipinski definition) is 8. The van der Waals surface area contributed by atoms with Crippen LogP contribution in [0.15, 0.2) is 70.5 Å². The number of benzene rings is 2. The summed E-state index contributed by atoms with van der Waals surface area (Å²) in [5.41, 5.74) is -0.157. The van der Waals surface area contributed by atoms with Crippen LogP contribution in [0, 0.1) is 0 Å². The van der Waals surface area contributed by atoms with Gasteiger partial charge < -0.3 is 30.6 Å². The van der Waals surface area contributed by atoms with Crippen LogP contribution >= 0.6 is 21.6 Å². The van der Waals surface area contributed by atoms with E-state index >= 15 is 0 Å². The van der Waals surface area contributed by atoms with Gasteiger partial charge >= 0.3 is 11.9 Å². The summed E-state index contributed by atoms with van der Waals surface area (Å²) in [5.74, 6) is -3.84. The number of rotatable bonds is 7. The molecule has 0 atom stereocenters. The monoisotopic (exact) mass is 500 g/mol. The van der Waals surface area contributed by atoms with Gasteiger partial charge in [0, 0.05) is 34.1 Å². The van der Waals surface area contributed by atoms with Crippen molar-refractivity contribution >= 4 is 33.5 Å². The normalized spacial score (nSPS) is 10.9. The van der Waals surface area contributed by atoms with E-state index in [9.17, 15) is 40.2 Å². The number of aromatic carboxylic acids is 2. The zero-order valence-electron chi connectivity index (χ0n) is 17.0. The minimum absolute atomic E-state index is 0.0576. The first kappa shape index (κ1) is 23.0. The summed E-state index contributed by atoms with van der Waals surface area (Å²) >= 11 is 0. The van der Waals surface area contributed by atoms with Crippen molar-refractivity contribution < 1.29 is 40.2 Å². The molecule has 0 fully saturated rings. The third-order valence-corrected chi connectivity index (χ3v) is 7.18. The number of hydrogen-bond donors (Lipinski definition) is 6. The van der Waals surface area contributed by atoms with E-state index in [4.69, 9.17) is 0 Å². The predicted molar refractivity (Wildman–Crippen MR) is 124 cm³/mol. The first-order chi connectivity index (χ1) is 16.2. The van der Waals surface area contributed by atoms with Crippen molar-refractivity contribution in [2.24, 2.45) is 0 Å². The smallest absolute Gasteiger partial charge is 0.337 e. The van der Waals surface area contributed by atoms with Crippen molar-refractivity contribution in [2.45, 2.75) is 9.79 Å². The highest BCUT2D eigenvalue weighted by atomic mass is 33.1. The van der Waals surface area contributed by atoms with Crippen molar-refractivity contribution in [3.8, 4) is 34.9 Å². The van der Waals surface area contributed by atoms with Gasteiger partial charge in [-0.1, -0.05) is 21.6 Å². The molecule has 4 aromatic rings.